The molecule has 2 N–H and O–H groups in total. The van der Waals surface area contributed by atoms with E-state index in [1.807, 2.05) is 13.6 Å². The van der Waals surface area contributed by atoms with Gasteiger partial charge in [-0.25, -0.2) is 0 Å². The molecule has 0 saturated heterocycles. The van der Waals surface area contributed by atoms with E-state index in [2.05, 4.69) is 47.3 Å². The van der Waals surface area contributed by atoms with Gasteiger partial charge in [-0.2, -0.15) is 0 Å². The molecule has 0 amide bonds. The zero-order valence-corrected chi connectivity index (χ0v) is 12.4. The Morgan fingerprint density at radius 2 is 0.812 bits per heavy atom. The van der Waals surface area contributed by atoms with E-state index in [4.69, 9.17) is 9.59 Å². The van der Waals surface area contributed by atoms with Crippen molar-refractivity contribution >= 4 is 13.6 Å². The maximum atomic E-state index is 8.00. The highest BCUT2D eigenvalue weighted by atomic mass is 16.1. The Kier molecular flexibility index (Phi) is 87.5. The summed E-state index contributed by atoms with van der Waals surface area (Å²) in [5.41, 5.74) is 4.50. The van der Waals surface area contributed by atoms with Gasteiger partial charge in [-0.1, -0.05) is 54.4 Å². The van der Waals surface area contributed by atoms with Crippen LogP contribution in [0.15, 0.2) is 0 Å². The van der Waals surface area contributed by atoms with Crippen LogP contribution in [-0.4, -0.2) is 20.6 Å². The van der Waals surface area contributed by atoms with Crippen molar-refractivity contribution in [3.05, 3.63) is 0 Å². The lowest BCUT2D eigenvalue weighted by atomic mass is 10.2. The third kappa shape index (κ3) is 185. The molecule has 0 aromatic heterocycles. The second-order valence-corrected chi connectivity index (χ2v) is 3.60. The van der Waals surface area contributed by atoms with Gasteiger partial charge in [0.05, 0.1) is 0 Å². The molecular formula is C13H33NO2. The standard InChI is InChI=1S/2C5H12.CH5N.2CH2O/c2*1-4-5(2)3;3*1-2/h2*5H,4H2,1-3H3;2H2,1H3;2*1H2. The largest absolute Gasteiger partial charge is 0.333 e. The number of carbonyl (C=O) groups is 2. The smallest absolute Gasteiger partial charge is 0.106 e. The summed E-state index contributed by atoms with van der Waals surface area (Å²) < 4.78 is 0. The number of carbonyl (C=O) groups excluding carboxylic acids is 2. The molecule has 0 atom stereocenters. The fourth-order valence-electron chi connectivity index (χ4n) is 0. The number of rotatable bonds is 2. The SMILES string of the molecule is C=O.C=O.CCC(C)C.CCC(C)C.CN. The maximum Gasteiger partial charge on any atom is 0.106 e. The van der Waals surface area contributed by atoms with Gasteiger partial charge in [-0.3, -0.25) is 0 Å². The molecule has 16 heavy (non-hydrogen) atoms. The van der Waals surface area contributed by atoms with E-state index in [1.165, 1.54) is 19.9 Å². The van der Waals surface area contributed by atoms with E-state index in [9.17, 15) is 0 Å². The summed E-state index contributed by atoms with van der Waals surface area (Å²) in [7, 11) is 1.50. The van der Waals surface area contributed by atoms with Crippen molar-refractivity contribution in [3.63, 3.8) is 0 Å². The average molecular weight is 235 g/mol. The van der Waals surface area contributed by atoms with E-state index in [1.54, 1.807) is 0 Å². The van der Waals surface area contributed by atoms with E-state index < -0.39 is 0 Å². The van der Waals surface area contributed by atoms with Crippen LogP contribution in [0.1, 0.15) is 54.4 Å². The van der Waals surface area contributed by atoms with Crippen molar-refractivity contribution in [1.82, 2.24) is 0 Å². The van der Waals surface area contributed by atoms with Crippen LogP contribution in [-0.2, 0) is 9.59 Å². The Morgan fingerprint density at radius 3 is 0.812 bits per heavy atom. The third-order valence-electron chi connectivity index (χ3n) is 1.63. The van der Waals surface area contributed by atoms with Gasteiger partial charge in [0, 0.05) is 0 Å². The average Bonchev–Trinajstić information content (AvgIpc) is 2.37. The molecule has 0 saturated carbocycles. The highest BCUT2D eigenvalue weighted by molar-refractivity contribution is 5.11. The van der Waals surface area contributed by atoms with Crippen molar-refractivity contribution in [1.29, 1.82) is 0 Å². The molecule has 0 spiro atoms. The van der Waals surface area contributed by atoms with Gasteiger partial charge >= 0.3 is 0 Å². The molecule has 0 radical (unpaired) electrons. The van der Waals surface area contributed by atoms with E-state index >= 15 is 0 Å². The number of nitrogens with two attached hydrogens (primary N) is 1. The lowest BCUT2D eigenvalue weighted by Crippen LogP contribution is -1.77. The lowest BCUT2D eigenvalue weighted by Gasteiger charge is -1.90. The monoisotopic (exact) mass is 235 g/mol. The van der Waals surface area contributed by atoms with Crippen LogP contribution in [0.2, 0.25) is 0 Å². The minimum absolute atomic E-state index is 0.884. The second-order valence-electron chi connectivity index (χ2n) is 3.60. The Labute approximate surface area is 103 Å². The molecule has 0 aliphatic rings. The van der Waals surface area contributed by atoms with Gasteiger partial charge in [-0.05, 0) is 18.9 Å². The summed E-state index contributed by atoms with van der Waals surface area (Å²) >= 11 is 0. The topological polar surface area (TPSA) is 60.2 Å². The zero-order chi connectivity index (χ0) is 14.6. The molecule has 0 aliphatic carbocycles. The molecule has 0 unspecified atom stereocenters. The first kappa shape index (κ1) is 29.5. The summed E-state index contributed by atoms with van der Waals surface area (Å²) in [6.07, 6.45) is 2.61. The van der Waals surface area contributed by atoms with Crippen molar-refractivity contribution < 1.29 is 9.59 Å². The Morgan fingerprint density at radius 1 is 0.750 bits per heavy atom. The maximum absolute atomic E-state index is 8.00. The fourth-order valence-corrected chi connectivity index (χ4v) is 0. The van der Waals surface area contributed by atoms with Gasteiger partial charge < -0.3 is 15.3 Å². The quantitative estimate of drug-likeness (QED) is 0.798. The zero-order valence-electron chi connectivity index (χ0n) is 12.4. The van der Waals surface area contributed by atoms with Crippen LogP contribution in [0.4, 0.5) is 0 Å². The molecule has 3 nitrogen and oxygen atoms in total. The van der Waals surface area contributed by atoms with Crippen LogP contribution in [0, 0.1) is 11.8 Å². The molecule has 0 rings (SSSR count). The van der Waals surface area contributed by atoms with Gasteiger partial charge in [-0.15, -0.1) is 0 Å². The molecule has 0 heterocycles. The number of hydrogen-bond donors (Lipinski definition) is 1. The number of hydrogen-bond acceptors (Lipinski definition) is 3. The normalized spacial score (nSPS) is 6.88. The Hall–Kier alpha value is -0.700. The predicted octanol–water partition coefficient (Wildman–Crippen LogP) is 3.31. The van der Waals surface area contributed by atoms with Crippen LogP contribution in [0.3, 0.4) is 0 Å². The van der Waals surface area contributed by atoms with Gasteiger partial charge in [0.15, 0.2) is 0 Å². The molecule has 0 aromatic rings. The van der Waals surface area contributed by atoms with E-state index in [-0.39, 0.29) is 0 Å². The second kappa shape index (κ2) is 47.5. The Bertz CT molecular complexity index is 66.3. The summed E-state index contributed by atoms with van der Waals surface area (Å²) in [6, 6.07) is 0. The van der Waals surface area contributed by atoms with Gasteiger partial charge in [0.25, 0.3) is 0 Å². The molecule has 0 fully saturated rings. The summed E-state index contributed by atoms with van der Waals surface area (Å²) in [6.45, 7) is 17.3. The first-order valence-corrected chi connectivity index (χ1v) is 5.69. The minimum atomic E-state index is 0.884. The van der Waals surface area contributed by atoms with E-state index in [0.29, 0.717) is 0 Å². The van der Waals surface area contributed by atoms with Crippen molar-refractivity contribution in [2.45, 2.75) is 54.4 Å². The predicted molar refractivity (Wildman–Crippen MR) is 74.6 cm³/mol. The first-order valence-electron chi connectivity index (χ1n) is 5.69. The van der Waals surface area contributed by atoms with Crippen LogP contribution in [0.5, 0.6) is 0 Å². The molecular weight excluding hydrogens is 202 g/mol. The van der Waals surface area contributed by atoms with Crippen molar-refractivity contribution in [2.75, 3.05) is 7.05 Å². The van der Waals surface area contributed by atoms with Crippen LogP contribution >= 0.6 is 0 Å². The summed E-state index contributed by atoms with van der Waals surface area (Å²) in [5, 5.41) is 0. The van der Waals surface area contributed by atoms with Crippen LogP contribution in [0.25, 0.3) is 0 Å². The molecule has 102 valence electrons. The first-order chi connectivity index (χ1) is 7.54. The van der Waals surface area contributed by atoms with Crippen molar-refractivity contribution in [3.8, 4) is 0 Å². The fraction of sp³-hybridized carbons (Fsp3) is 0.846. The van der Waals surface area contributed by atoms with Crippen molar-refractivity contribution in [2.24, 2.45) is 17.6 Å². The molecule has 3 heteroatoms. The summed E-state index contributed by atoms with van der Waals surface area (Å²) in [5.74, 6) is 1.77. The summed E-state index contributed by atoms with van der Waals surface area (Å²) in [4.78, 5) is 16.0. The molecule has 0 bridgehead atoms. The van der Waals surface area contributed by atoms with Gasteiger partial charge in [0.2, 0.25) is 0 Å². The van der Waals surface area contributed by atoms with E-state index in [0.717, 1.165) is 11.8 Å². The minimum Gasteiger partial charge on any atom is -0.333 e. The van der Waals surface area contributed by atoms with Gasteiger partial charge in [0.1, 0.15) is 13.6 Å². The highest BCUT2D eigenvalue weighted by Gasteiger charge is 1.80. The molecule has 0 aromatic carbocycles. The highest BCUT2D eigenvalue weighted by Crippen LogP contribution is 1.94. The molecule has 0 aliphatic heterocycles. The lowest BCUT2D eigenvalue weighted by molar-refractivity contribution is -0.0987. The van der Waals surface area contributed by atoms with Crippen LogP contribution < -0.4 is 5.73 Å². The third-order valence-corrected chi connectivity index (χ3v) is 1.63. The Balaban J connectivity index is -0.0000000345.